The van der Waals surface area contributed by atoms with Crippen molar-refractivity contribution in [3.8, 4) is 5.75 Å². The van der Waals surface area contributed by atoms with E-state index in [0.29, 0.717) is 6.61 Å². The molecule has 0 radical (unpaired) electrons. The van der Waals surface area contributed by atoms with E-state index in [-0.39, 0.29) is 5.54 Å². The van der Waals surface area contributed by atoms with Crippen LogP contribution in [-0.4, -0.2) is 18.0 Å². The Hall–Kier alpha value is -1.71. The highest BCUT2D eigenvalue weighted by Gasteiger charge is 2.51. The van der Waals surface area contributed by atoms with Gasteiger partial charge >= 0.3 is 0 Å². The molecule has 1 aromatic rings. The molecular formula is C18H23N3O. The minimum Gasteiger partial charge on any atom is -0.483 e. The minimum absolute atomic E-state index is 0.200. The van der Waals surface area contributed by atoms with Crippen molar-refractivity contribution >= 4 is 17.2 Å². The van der Waals surface area contributed by atoms with Gasteiger partial charge in [0.2, 0.25) is 0 Å². The van der Waals surface area contributed by atoms with Crippen LogP contribution in [0.4, 0.5) is 11.4 Å². The van der Waals surface area contributed by atoms with Gasteiger partial charge in [-0.15, -0.1) is 0 Å². The van der Waals surface area contributed by atoms with Crippen molar-refractivity contribution in [3.05, 3.63) is 18.2 Å². The van der Waals surface area contributed by atoms with E-state index in [1.54, 1.807) is 0 Å². The Labute approximate surface area is 131 Å². The number of benzene rings is 1. The Morgan fingerprint density at radius 3 is 2.45 bits per heavy atom. The van der Waals surface area contributed by atoms with Crippen molar-refractivity contribution in [1.29, 1.82) is 0 Å². The summed E-state index contributed by atoms with van der Waals surface area (Å²) in [6.45, 7) is 0.540. The minimum atomic E-state index is 0.200. The third-order valence-electron chi connectivity index (χ3n) is 6.03. The number of anilines is 2. The molecule has 22 heavy (non-hydrogen) atoms. The summed E-state index contributed by atoms with van der Waals surface area (Å²) in [5.41, 5.74) is 7.74. The van der Waals surface area contributed by atoms with Crippen molar-refractivity contribution in [3.63, 3.8) is 0 Å². The zero-order chi connectivity index (χ0) is 14.7. The summed E-state index contributed by atoms with van der Waals surface area (Å²) in [5, 5.41) is 3.47. The number of ether oxygens (including phenoxy) is 1. The fraction of sp³-hybridized carbons (Fsp3) is 0.611. The number of amidine groups is 1. The predicted octanol–water partition coefficient (Wildman–Crippen LogP) is 3.44. The predicted molar refractivity (Wildman–Crippen MR) is 88.3 cm³/mol. The molecule has 4 heteroatoms. The maximum atomic E-state index is 5.86. The zero-order valence-electron chi connectivity index (χ0n) is 12.8. The first-order valence-electron chi connectivity index (χ1n) is 8.56. The van der Waals surface area contributed by atoms with E-state index in [1.807, 2.05) is 18.2 Å². The molecule has 0 saturated heterocycles. The van der Waals surface area contributed by atoms with Gasteiger partial charge in [0.05, 0.1) is 11.2 Å². The van der Waals surface area contributed by atoms with E-state index in [9.17, 15) is 0 Å². The maximum Gasteiger partial charge on any atom is 0.146 e. The summed E-state index contributed by atoms with van der Waals surface area (Å²) >= 11 is 0. The van der Waals surface area contributed by atoms with Crippen LogP contribution in [0.3, 0.4) is 0 Å². The van der Waals surface area contributed by atoms with Crippen molar-refractivity contribution < 1.29 is 4.74 Å². The lowest BCUT2D eigenvalue weighted by Crippen LogP contribution is -2.50. The van der Waals surface area contributed by atoms with Crippen LogP contribution in [0, 0.1) is 17.8 Å². The highest BCUT2D eigenvalue weighted by atomic mass is 16.5. The molecule has 1 heterocycles. The fourth-order valence-electron chi connectivity index (χ4n) is 5.65. The molecule has 0 amide bonds. The first-order chi connectivity index (χ1) is 10.7. The number of hydrogen-bond donors (Lipinski definition) is 2. The van der Waals surface area contributed by atoms with Gasteiger partial charge in [0.1, 0.15) is 18.2 Å². The zero-order valence-corrected chi connectivity index (χ0v) is 12.8. The largest absolute Gasteiger partial charge is 0.483 e. The summed E-state index contributed by atoms with van der Waals surface area (Å²) in [6, 6.07) is 5.77. The Morgan fingerprint density at radius 1 is 1.09 bits per heavy atom. The molecule has 3 N–H and O–H groups in total. The summed E-state index contributed by atoms with van der Waals surface area (Å²) in [4.78, 5) is 5.20. The maximum absolute atomic E-state index is 5.86. The lowest BCUT2D eigenvalue weighted by molar-refractivity contribution is 0.00147. The highest BCUT2D eigenvalue weighted by molar-refractivity contribution is 6.00. The van der Waals surface area contributed by atoms with E-state index >= 15 is 0 Å². The second kappa shape index (κ2) is 4.40. The molecule has 4 aliphatic carbocycles. The summed E-state index contributed by atoms with van der Waals surface area (Å²) in [7, 11) is 0. The molecule has 0 spiro atoms. The first-order valence-corrected chi connectivity index (χ1v) is 8.56. The smallest absolute Gasteiger partial charge is 0.146 e. The van der Waals surface area contributed by atoms with Crippen molar-refractivity contribution in [1.82, 2.24) is 0 Å². The average molecular weight is 297 g/mol. The van der Waals surface area contributed by atoms with E-state index in [1.165, 1.54) is 38.5 Å². The van der Waals surface area contributed by atoms with E-state index in [2.05, 4.69) is 5.32 Å². The van der Waals surface area contributed by atoms with E-state index in [0.717, 1.165) is 40.7 Å². The molecule has 0 aromatic heterocycles. The van der Waals surface area contributed by atoms with Gasteiger partial charge < -0.3 is 15.8 Å². The molecule has 4 saturated carbocycles. The third-order valence-corrected chi connectivity index (χ3v) is 6.03. The van der Waals surface area contributed by atoms with Crippen LogP contribution >= 0.6 is 0 Å². The van der Waals surface area contributed by atoms with Crippen LogP contribution in [0.1, 0.15) is 38.5 Å². The number of nitrogens with zero attached hydrogens (tertiary/aromatic N) is 1. The van der Waals surface area contributed by atoms with E-state index < -0.39 is 0 Å². The topological polar surface area (TPSA) is 59.6 Å². The van der Waals surface area contributed by atoms with Crippen molar-refractivity contribution in [2.45, 2.75) is 44.1 Å². The van der Waals surface area contributed by atoms with Gasteiger partial charge in [0.25, 0.3) is 0 Å². The second-order valence-electron chi connectivity index (χ2n) is 7.87. The number of fused-ring (bicyclic) bond motifs is 1. The molecule has 0 unspecified atom stereocenters. The molecular weight excluding hydrogens is 274 g/mol. The number of rotatable bonds is 1. The van der Waals surface area contributed by atoms with E-state index in [4.69, 9.17) is 15.5 Å². The molecule has 4 fully saturated rings. The number of nitrogens with two attached hydrogens (primary N) is 1. The number of nitrogens with one attached hydrogen (secondary N) is 1. The van der Waals surface area contributed by atoms with Crippen LogP contribution < -0.4 is 15.8 Å². The summed E-state index contributed by atoms with van der Waals surface area (Å²) in [5.74, 6) is 4.61. The molecule has 4 bridgehead atoms. The number of aliphatic imine (C=N–C) groups is 1. The first kappa shape index (κ1) is 12.8. The second-order valence-corrected chi connectivity index (χ2v) is 7.87. The highest BCUT2D eigenvalue weighted by Crippen LogP contribution is 2.57. The molecule has 4 nitrogen and oxygen atoms in total. The summed E-state index contributed by atoms with van der Waals surface area (Å²) < 4.78 is 5.86. The standard InChI is InChI=1S/C18H23N3O/c19-14-1-2-15-16(6-14)22-10-17(20-15)21-18-7-11-3-12(8-18)5-13(4-11)9-18/h1-2,6,11-13H,3-5,7-10,19H2,(H,20,21). The Kier molecular flexibility index (Phi) is 2.56. The summed E-state index contributed by atoms with van der Waals surface area (Å²) in [6.07, 6.45) is 8.23. The van der Waals surface area contributed by atoms with Crippen LogP contribution in [0.25, 0.3) is 0 Å². The van der Waals surface area contributed by atoms with Gasteiger partial charge in [-0.3, -0.25) is 4.99 Å². The molecule has 116 valence electrons. The van der Waals surface area contributed by atoms with Gasteiger partial charge in [0, 0.05) is 11.8 Å². The fourth-order valence-corrected chi connectivity index (χ4v) is 5.65. The Morgan fingerprint density at radius 2 is 1.77 bits per heavy atom. The van der Waals surface area contributed by atoms with Crippen molar-refractivity contribution in [2.75, 3.05) is 17.7 Å². The van der Waals surface area contributed by atoms with Crippen LogP contribution in [0.15, 0.2) is 23.2 Å². The van der Waals surface area contributed by atoms with Crippen molar-refractivity contribution in [2.24, 2.45) is 22.7 Å². The molecule has 1 aromatic carbocycles. The van der Waals surface area contributed by atoms with Gasteiger partial charge in [-0.2, -0.15) is 0 Å². The number of hydrogen-bond acceptors (Lipinski definition) is 3. The lowest BCUT2D eigenvalue weighted by atomic mass is 9.53. The average Bonchev–Trinajstić information content (AvgIpc) is 2.45. The molecule has 6 rings (SSSR count). The Balaban J connectivity index is 1.43. The normalized spacial score (nSPS) is 40.2. The lowest BCUT2D eigenvalue weighted by Gasteiger charge is -2.55. The van der Waals surface area contributed by atoms with Gasteiger partial charge in [-0.1, -0.05) is 0 Å². The Bertz CT molecular complexity index is 616. The van der Waals surface area contributed by atoms with Crippen LogP contribution in [-0.2, 0) is 0 Å². The third kappa shape index (κ3) is 2.00. The van der Waals surface area contributed by atoms with Gasteiger partial charge in [0.15, 0.2) is 0 Å². The SMILES string of the molecule is Nc1ccc2c(c1)OCC(=NC13CC4CC(CC(C4)C1)C3)N2. The van der Waals surface area contributed by atoms with Gasteiger partial charge in [-0.25, -0.2) is 0 Å². The monoisotopic (exact) mass is 297 g/mol. The van der Waals surface area contributed by atoms with Crippen LogP contribution in [0.2, 0.25) is 0 Å². The molecule has 5 aliphatic rings. The molecule has 0 atom stereocenters. The van der Waals surface area contributed by atoms with Gasteiger partial charge in [-0.05, 0) is 68.4 Å². The number of nitrogen functional groups attached to an aromatic ring is 1. The van der Waals surface area contributed by atoms with Crippen LogP contribution in [0.5, 0.6) is 5.75 Å². The molecule has 1 aliphatic heterocycles. The quantitative estimate of drug-likeness (QED) is 0.781.